The van der Waals surface area contributed by atoms with E-state index in [1.807, 2.05) is 13.8 Å². The average Bonchev–Trinajstić information content (AvgIpc) is 2.92. The summed E-state index contributed by atoms with van der Waals surface area (Å²) in [5.74, 6) is -3.05. The first-order valence-electron chi connectivity index (χ1n) is 10.4. The van der Waals surface area contributed by atoms with Crippen molar-refractivity contribution < 1.29 is 38.5 Å². The molecule has 0 bridgehead atoms. The molecule has 3 rings (SSSR count). The summed E-state index contributed by atoms with van der Waals surface area (Å²) in [6.45, 7) is 4.00. The summed E-state index contributed by atoms with van der Waals surface area (Å²) in [4.78, 5) is 55.9. The van der Waals surface area contributed by atoms with E-state index in [2.05, 4.69) is 14.7 Å². The first kappa shape index (κ1) is 26.7. The van der Waals surface area contributed by atoms with Crippen molar-refractivity contribution in [3.63, 3.8) is 0 Å². The Labute approximate surface area is 201 Å². The molecule has 0 spiro atoms. The van der Waals surface area contributed by atoms with Crippen molar-refractivity contribution in [2.45, 2.75) is 13.8 Å². The van der Waals surface area contributed by atoms with Crippen LogP contribution in [0, 0.1) is 0 Å². The summed E-state index contributed by atoms with van der Waals surface area (Å²) in [5, 5.41) is 9.34. The van der Waals surface area contributed by atoms with E-state index >= 15 is 0 Å². The first-order valence-corrected chi connectivity index (χ1v) is 10.4. The quantitative estimate of drug-likeness (QED) is 0.408. The van der Waals surface area contributed by atoms with Crippen LogP contribution in [0.25, 0.3) is 22.5 Å². The van der Waals surface area contributed by atoms with Crippen LogP contribution in [0.1, 0.15) is 55.3 Å². The standard InChI is InChI=1S/C23H18N2O8.C2H6/c1-31-21(28)15-4-12(5-16(9-15)22(29)32-2)18-10-24-19(25-11-18)13-6-14(20(26)27)8-17(7-13)23(30)33-3;1-2/h4-11H,1-3H3,(H,26,27);1-2H3. The molecule has 0 aliphatic carbocycles. The van der Waals surface area contributed by atoms with Gasteiger partial charge in [0.2, 0.25) is 0 Å². The van der Waals surface area contributed by atoms with Gasteiger partial charge in [-0.1, -0.05) is 13.8 Å². The van der Waals surface area contributed by atoms with Crippen LogP contribution in [0.2, 0.25) is 0 Å². The van der Waals surface area contributed by atoms with E-state index in [9.17, 15) is 24.3 Å². The number of carboxylic acids is 1. The van der Waals surface area contributed by atoms with Crippen LogP contribution in [0.3, 0.4) is 0 Å². The van der Waals surface area contributed by atoms with Gasteiger partial charge in [-0.25, -0.2) is 29.1 Å². The molecule has 0 unspecified atom stereocenters. The zero-order valence-electron chi connectivity index (χ0n) is 19.8. The molecular weight excluding hydrogens is 456 g/mol. The summed E-state index contributed by atoms with van der Waals surface area (Å²) in [7, 11) is 3.63. The first-order chi connectivity index (χ1) is 16.8. The molecule has 2 aromatic carbocycles. The molecule has 0 saturated carbocycles. The van der Waals surface area contributed by atoms with E-state index in [4.69, 9.17) is 9.47 Å². The number of benzene rings is 2. The van der Waals surface area contributed by atoms with Gasteiger partial charge in [0.25, 0.3) is 0 Å². The second-order valence-corrected chi connectivity index (χ2v) is 6.67. The fraction of sp³-hybridized carbons (Fsp3) is 0.200. The Morgan fingerprint density at radius 3 is 1.37 bits per heavy atom. The van der Waals surface area contributed by atoms with Crippen LogP contribution in [-0.2, 0) is 14.2 Å². The van der Waals surface area contributed by atoms with Crippen LogP contribution in [-0.4, -0.2) is 60.3 Å². The lowest BCUT2D eigenvalue weighted by molar-refractivity contribution is 0.0586. The van der Waals surface area contributed by atoms with Gasteiger partial charge in [-0.15, -0.1) is 0 Å². The molecule has 35 heavy (non-hydrogen) atoms. The number of carboxylic acid groups (broad SMARTS) is 1. The topological polar surface area (TPSA) is 142 Å². The number of methoxy groups -OCH3 is 3. The van der Waals surface area contributed by atoms with Crippen LogP contribution in [0.4, 0.5) is 0 Å². The molecule has 0 radical (unpaired) electrons. The van der Waals surface area contributed by atoms with Crippen molar-refractivity contribution in [1.82, 2.24) is 9.97 Å². The number of esters is 3. The monoisotopic (exact) mass is 480 g/mol. The zero-order valence-corrected chi connectivity index (χ0v) is 19.8. The van der Waals surface area contributed by atoms with E-state index in [1.54, 1.807) is 0 Å². The molecule has 0 atom stereocenters. The van der Waals surface area contributed by atoms with Gasteiger partial charge in [0.05, 0.1) is 43.6 Å². The SMILES string of the molecule is CC.COC(=O)c1cc(C(=O)OC)cc(-c2cnc(-c3cc(C(=O)O)cc(C(=O)OC)c3)nc2)c1. The maximum atomic E-state index is 12.0. The van der Waals surface area contributed by atoms with Gasteiger partial charge in [-0.3, -0.25) is 0 Å². The Balaban J connectivity index is 0.00000210. The molecule has 0 aliphatic rings. The normalized spacial score (nSPS) is 9.86. The Hall–Kier alpha value is -4.60. The van der Waals surface area contributed by atoms with E-state index in [0.717, 1.165) is 0 Å². The second-order valence-electron chi connectivity index (χ2n) is 6.67. The predicted molar refractivity (Wildman–Crippen MR) is 125 cm³/mol. The molecule has 1 heterocycles. The lowest BCUT2D eigenvalue weighted by Gasteiger charge is -2.09. The number of ether oxygens (including phenoxy) is 3. The minimum atomic E-state index is -1.23. The molecule has 0 saturated heterocycles. The largest absolute Gasteiger partial charge is 0.478 e. The molecule has 0 aliphatic heterocycles. The van der Waals surface area contributed by atoms with Gasteiger partial charge < -0.3 is 19.3 Å². The van der Waals surface area contributed by atoms with Gasteiger partial charge in [-0.2, -0.15) is 0 Å². The number of hydrogen-bond donors (Lipinski definition) is 1. The smallest absolute Gasteiger partial charge is 0.337 e. The third kappa shape index (κ3) is 6.26. The number of carbonyl (C=O) groups excluding carboxylic acids is 3. The van der Waals surface area contributed by atoms with Gasteiger partial charge in [-0.05, 0) is 42.0 Å². The second kappa shape index (κ2) is 12.0. The Bertz CT molecular complexity index is 1220. The van der Waals surface area contributed by atoms with Crippen LogP contribution < -0.4 is 0 Å². The highest BCUT2D eigenvalue weighted by Crippen LogP contribution is 2.25. The van der Waals surface area contributed by atoms with Gasteiger partial charge in [0.1, 0.15) is 0 Å². The zero-order chi connectivity index (χ0) is 26.1. The molecule has 10 nitrogen and oxygen atoms in total. The lowest BCUT2D eigenvalue weighted by Crippen LogP contribution is -2.07. The van der Waals surface area contributed by atoms with Crippen molar-refractivity contribution >= 4 is 23.9 Å². The van der Waals surface area contributed by atoms with E-state index in [1.165, 1.54) is 70.1 Å². The Kier molecular flexibility index (Phi) is 9.16. The Morgan fingerprint density at radius 1 is 0.600 bits per heavy atom. The van der Waals surface area contributed by atoms with Crippen molar-refractivity contribution in [1.29, 1.82) is 0 Å². The summed E-state index contributed by atoms with van der Waals surface area (Å²) in [5.41, 5.74) is 1.40. The molecule has 182 valence electrons. The van der Waals surface area contributed by atoms with Gasteiger partial charge in [0.15, 0.2) is 5.82 Å². The highest BCUT2D eigenvalue weighted by atomic mass is 16.5. The predicted octanol–water partition coefficient (Wildman–Crippen LogP) is 3.89. The fourth-order valence-electron chi connectivity index (χ4n) is 3.01. The number of aromatic nitrogens is 2. The highest BCUT2D eigenvalue weighted by Gasteiger charge is 2.17. The van der Waals surface area contributed by atoms with Gasteiger partial charge in [0, 0.05) is 23.5 Å². The Morgan fingerprint density at radius 2 is 0.971 bits per heavy atom. The van der Waals surface area contributed by atoms with Crippen LogP contribution in [0.15, 0.2) is 48.8 Å². The summed E-state index contributed by atoms with van der Waals surface area (Å²) < 4.78 is 14.1. The maximum Gasteiger partial charge on any atom is 0.337 e. The molecule has 3 aromatic rings. The third-order valence-electron chi connectivity index (χ3n) is 4.62. The fourth-order valence-corrected chi connectivity index (χ4v) is 3.01. The number of rotatable bonds is 6. The number of nitrogens with zero attached hydrogens (tertiary/aromatic N) is 2. The number of carbonyl (C=O) groups is 4. The minimum absolute atomic E-state index is 0.0357. The van der Waals surface area contributed by atoms with E-state index in [-0.39, 0.29) is 28.1 Å². The average molecular weight is 480 g/mol. The lowest BCUT2D eigenvalue weighted by atomic mass is 10.0. The summed E-state index contributed by atoms with van der Waals surface area (Å²) in [6, 6.07) is 8.31. The highest BCUT2D eigenvalue weighted by molar-refractivity contribution is 5.98. The van der Waals surface area contributed by atoms with E-state index in [0.29, 0.717) is 16.7 Å². The maximum absolute atomic E-state index is 12.0. The van der Waals surface area contributed by atoms with Crippen molar-refractivity contribution in [2.75, 3.05) is 21.3 Å². The van der Waals surface area contributed by atoms with Crippen LogP contribution in [0.5, 0.6) is 0 Å². The molecular formula is C25H24N2O8. The molecule has 1 aromatic heterocycles. The number of aromatic carboxylic acids is 1. The van der Waals surface area contributed by atoms with Crippen molar-refractivity contribution in [3.05, 3.63) is 71.0 Å². The summed E-state index contributed by atoms with van der Waals surface area (Å²) >= 11 is 0. The molecule has 0 amide bonds. The van der Waals surface area contributed by atoms with Crippen molar-refractivity contribution in [3.8, 4) is 22.5 Å². The van der Waals surface area contributed by atoms with E-state index < -0.39 is 23.9 Å². The summed E-state index contributed by atoms with van der Waals surface area (Å²) in [6.07, 6.45) is 2.87. The molecule has 1 N–H and O–H groups in total. The van der Waals surface area contributed by atoms with Crippen molar-refractivity contribution in [2.24, 2.45) is 0 Å². The van der Waals surface area contributed by atoms with Gasteiger partial charge >= 0.3 is 23.9 Å². The number of hydrogen-bond acceptors (Lipinski definition) is 9. The van der Waals surface area contributed by atoms with Crippen LogP contribution >= 0.6 is 0 Å². The molecule has 0 fully saturated rings. The minimum Gasteiger partial charge on any atom is -0.478 e. The third-order valence-corrected chi connectivity index (χ3v) is 4.62. The molecule has 10 heteroatoms.